The molecule has 2 N–H and O–H groups in total. The van der Waals surface area contributed by atoms with Crippen LogP contribution < -0.4 is 20.1 Å². The van der Waals surface area contributed by atoms with Gasteiger partial charge in [-0.25, -0.2) is 4.98 Å². The Morgan fingerprint density at radius 3 is 2.36 bits per heavy atom. The van der Waals surface area contributed by atoms with Gasteiger partial charge >= 0.3 is 6.18 Å². The van der Waals surface area contributed by atoms with E-state index in [1.165, 1.54) is 0 Å². The van der Waals surface area contributed by atoms with E-state index in [1.54, 1.807) is 48.5 Å². The number of benzene rings is 2. The monoisotopic (exact) mass is 460 g/mol. The zero-order valence-corrected chi connectivity index (χ0v) is 18.7. The molecule has 3 aromatic rings. The molecule has 0 atom stereocenters. The van der Waals surface area contributed by atoms with Crippen molar-refractivity contribution in [1.82, 2.24) is 9.97 Å². The minimum Gasteiger partial charge on any atom is -0.494 e. The number of anilines is 4. The summed E-state index contributed by atoms with van der Waals surface area (Å²) < 4.78 is 52.2. The molecule has 0 fully saturated rings. The van der Waals surface area contributed by atoms with E-state index >= 15 is 0 Å². The molecule has 0 amide bonds. The Kier molecular flexibility index (Phi) is 7.97. The van der Waals surface area contributed by atoms with Crippen molar-refractivity contribution in [3.8, 4) is 11.5 Å². The first-order chi connectivity index (χ1) is 15.8. The number of alkyl halides is 3. The minimum absolute atomic E-state index is 0.0216. The van der Waals surface area contributed by atoms with Gasteiger partial charge in [-0.05, 0) is 48.7 Å². The Bertz CT molecular complexity index is 1040. The highest BCUT2D eigenvalue weighted by molar-refractivity contribution is 5.67. The van der Waals surface area contributed by atoms with Gasteiger partial charge in [-0.1, -0.05) is 32.9 Å². The zero-order valence-electron chi connectivity index (χ0n) is 18.7. The fourth-order valence-corrected chi connectivity index (χ4v) is 2.81. The number of hydrogen-bond acceptors (Lipinski definition) is 6. The van der Waals surface area contributed by atoms with E-state index in [4.69, 9.17) is 9.47 Å². The second-order valence-electron chi connectivity index (χ2n) is 7.78. The van der Waals surface area contributed by atoms with Gasteiger partial charge in [-0.2, -0.15) is 18.2 Å². The maximum atomic E-state index is 13.6. The van der Waals surface area contributed by atoms with Crippen molar-refractivity contribution < 1.29 is 22.6 Å². The lowest BCUT2D eigenvalue weighted by Crippen LogP contribution is -2.13. The number of para-hydroxylation sites is 2. The highest BCUT2D eigenvalue weighted by atomic mass is 19.4. The Hall–Kier alpha value is -3.49. The van der Waals surface area contributed by atoms with Crippen LogP contribution in [0.25, 0.3) is 0 Å². The van der Waals surface area contributed by atoms with E-state index < -0.39 is 11.7 Å². The summed E-state index contributed by atoms with van der Waals surface area (Å²) in [5.74, 6) is 1.06. The number of ether oxygens (including phenoxy) is 2. The second-order valence-corrected chi connectivity index (χ2v) is 7.78. The zero-order chi connectivity index (χ0) is 23.8. The van der Waals surface area contributed by atoms with Crippen LogP contribution in [0, 0.1) is 5.92 Å². The number of nitrogens with zero attached hydrogens (tertiary/aromatic N) is 2. The van der Waals surface area contributed by atoms with Crippen LogP contribution in [0.5, 0.6) is 11.5 Å². The molecule has 0 radical (unpaired) electrons. The SMILES string of the molecule is CCCOc1ccc(Nc2ncc(C(F)(F)F)c(Nc3ccccc3OCC(C)C)n2)cc1. The lowest BCUT2D eigenvalue weighted by molar-refractivity contribution is -0.137. The number of aromatic nitrogens is 2. The van der Waals surface area contributed by atoms with Crippen molar-refractivity contribution in [3.05, 3.63) is 60.3 Å². The summed E-state index contributed by atoms with van der Waals surface area (Å²) >= 11 is 0. The summed E-state index contributed by atoms with van der Waals surface area (Å²) in [6.45, 7) is 7.02. The van der Waals surface area contributed by atoms with Gasteiger partial charge < -0.3 is 20.1 Å². The van der Waals surface area contributed by atoms with Crippen molar-refractivity contribution in [3.63, 3.8) is 0 Å². The molecule has 0 spiro atoms. The lowest BCUT2D eigenvalue weighted by Gasteiger charge is -2.17. The van der Waals surface area contributed by atoms with E-state index in [2.05, 4.69) is 20.6 Å². The topological polar surface area (TPSA) is 68.3 Å². The summed E-state index contributed by atoms with van der Waals surface area (Å²) in [4.78, 5) is 7.95. The van der Waals surface area contributed by atoms with Gasteiger partial charge in [0.1, 0.15) is 22.9 Å². The number of hydrogen-bond donors (Lipinski definition) is 2. The summed E-state index contributed by atoms with van der Waals surface area (Å²) in [5, 5.41) is 5.70. The Labute approximate surface area is 191 Å². The first-order valence-electron chi connectivity index (χ1n) is 10.7. The Morgan fingerprint density at radius 2 is 1.70 bits per heavy atom. The molecule has 2 aromatic carbocycles. The third-order valence-electron chi connectivity index (χ3n) is 4.39. The van der Waals surface area contributed by atoms with Gasteiger partial charge in [0, 0.05) is 11.9 Å². The maximum absolute atomic E-state index is 13.6. The highest BCUT2D eigenvalue weighted by Gasteiger charge is 2.35. The molecule has 1 aromatic heterocycles. The first kappa shape index (κ1) is 24.2. The molecular formula is C24H27F3N4O2. The number of rotatable bonds is 10. The quantitative estimate of drug-likeness (QED) is 0.347. The smallest absolute Gasteiger partial charge is 0.421 e. The van der Waals surface area contributed by atoms with Gasteiger partial charge in [0.2, 0.25) is 5.95 Å². The van der Waals surface area contributed by atoms with Crippen LogP contribution in [0.3, 0.4) is 0 Å². The summed E-state index contributed by atoms with van der Waals surface area (Å²) in [6.07, 6.45) is -2.98. The van der Waals surface area contributed by atoms with E-state index in [0.717, 1.165) is 12.6 Å². The normalized spacial score (nSPS) is 11.4. The molecule has 0 saturated carbocycles. The molecule has 6 nitrogen and oxygen atoms in total. The number of nitrogens with one attached hydrogen (secondary N) is 2. The van der Waals surface area contributed by atoms with Crippen LogP contribution in [0.1, 0.15) is 32.8 Å². The molecule has 0 aliphatic rings. The largest absolute Gasteiger partial charge is 0.494 e. The maximum Gasteiger partial charge on any atom is 0.421 e. The van der Waals surface area contributed by atoms with Crippen LogP contribution in [-0.2, 0) is 6.18 Å². The Morgan fingerprint density at radius 1 is 0.970 bits per heavy atom. The molecule has 0 saturated heterocycles. The number of halogens is 3. The van der Waals surface area contributed by atoms with Crippen molar-refractivity contribution in [2.45, 2.75) is 33.4 Å². The third-order valence-corrected chi connectivity index (χ3v) is 4.39. The van der Waals surface area contributed by atoms with Gasteiger partial charge in [-0.15, -0.1) is 0 Å². The molecule has 0 aliphatic carbocycles. The van der Waals surface area contributed by atoms with Crippen molar-refractivity contribution in [2.24, 2.45) is 5.92 Å². The fraction of sp³-hybridized carbons (Fsp3) is 0.333. The lowest BCUT2D eigenvalue weighted by atomic mass is 10.2. The molecule has 0 bridgehead atoms. The molecule has 3 rings (SSSR count). The predicted octanol–water partition coefficient (Wildman–Crippen LogP) is 6.81. The van der Waals surface area contributed by atoms with Crippen LogP contribution in [-0.4, -0.2) is 23.2 Å². The van der Waals surface area contributed by atoms with E-state index in [-0.39, 0.29) is 17.7 Å². The second kappa shape index (κ2) is 10.9. The van der Waals surface area contributed by atoms with Gasteiger partial charge in [0.05, 0.1) is 18.9 Å². The highest BCUT2D eigenvalue weighted by Crippen LogP contribution is 2.37. The van der Waals surface area contributed by atoms with Crippen LogP contribution in [0.2, 0.25) is 0 Å². The van der Waals surface area contributed by atoms with Crippen molar-refractivity contribution in [1.29, 1.82) is 0 Å². The van der Waals surface area contributed by atoms with Crippen LogP contribution in [0.15, 0.2) is 54.7 Å². The summed E-state index contributed by atoms with van der Waals surface area (Å²) in [5.41, 5.74) is 0.0194. The molecule has 0 aliphatic heterocycles. The third kappa shape index (κ3) is 7.00. The van der Waals surface area contributed by atoms with Crippen molar-refractivity contribution in [2.75, 3.05) is 23.8 Å². The molecule has 33 heavy (non-hydrogen) atoms. The first-order valence-corrected chi connectivity index (χ1v) is 10.7. The van der Waals surface area contributed by atoms with E-state index in [1.807, 2.05) is 20.8 Å². The minimum atomic E-state index is -4.63. The van der Waals surface area contributed by atoms with E-state index in [9.17, 15) is 13.2 Å². The summed E-state index contributed by atoms with van der Waals surface area (Å²) in [6, 6.07) is 13.8. The van der Waals surface area contributed by atoms with Gasteiger partial charge in [0.25, 0.3) is 0 Å². The fourth-order valence-electron chi connectivity index (χ4n) is 2.81. The molecule has 0 unspecified atom stereocenters. The Balaban J connectivity index is 1.86. The molecular weight excluding hydrogens is 433 g/mol. The van der Waals surface area contributed by atoms with Crippen LogP contribution in [0.4, 0.5) is 36.3 Å². The standard InChI is InChI=1S/C24H27F3N4O2/c1-4-13-32-18-11-9-17(10-12-18)29-23-28-14-19(24(25,26)27)22(31-23)30-20-7-5-6-8-21(20)33-15-16(2)3/h5-12,14,16H,4,13,15H2,1-3H3,(H2,28,29,30,31). The molecule has 176 valence electrons. The van der Waals surface area contributed by atoms with Gasteiger partial charge in [-0.3, -0.25) is 0 Å². The molecule has 1 heterocycles. The predicted molar refractivity (Wildman–Crippen MR) is 123 cm³/mol. The molecule has 9 heteroatoms. The van der Waals surface area contributed by atoms with Crippen molar-refractivity contribution >= 4 is 23.1 Å². The average Bonchev–Trinajstić information content (AvgIpc) is 2.77. The van der Waals surface area contributed by atoms with E-state index in [0.29, 0.717) is 36.1 Å². The van der Waals surface area contributed by atoms with Crippen LogP contribution >= 0.6 is 0 Å². The average molecular weight is 461 g/mol. The summed E-state index contributed by atoms with van der Waals surface area (Å²) in [7, 11) is 0. The van der Waals surface area contributed by atoms with Gasteiger partial charge in [0.15, 0.2) is 0 Å².